The summed E-state index contributed by atoms with van der Waals surface area (Å²) in [6.45, 7) is 15.3. The zero-order chi connectivity index (χ0) is 37.0. The number of halogens is 1. The van der Waals surface area contributed by atoms with Crippen LogP contribution in [0.2, 0.25) is 0 Å². The molecule has 2 bridgehead atoms. The van der Waals surface area contributed by atoms with Crippen molar-refractivity contribution in [2.75, 3.05) is 24.6 Å². The number of aliphatic hydroxyl groups excluding tert-OH is 1. The quantitative estimate of drug-likeness (QED) is 0.134. The van der Waals surface area contributed by atoms with Crippen molar-refractivity contribution in [2.24, 2.45) is 17.8 Å². The summed E-state index contributed by atoms with van der Waals surface area (Å²) in [5.74, 6) is -3.58. The molecule has 1 spiro atoms. The number of ether oxygens (including phenoxy) is 2. The van der Waals surface area contributed by atoms with Gasteiger partial charge in [0, 0.05) is 23.5 Å². The molecule has 3 fully saturated rings. The molecule has 2 aromatic rings. The molecule has 3 aliphatic rings. The van der Waals surface area contributed by atoms with E-state index in [2.05, 4.69) is 34.4 Å². The molecule has 2 N–H and O–H groups in total. The number of aryl methyl sites for hydroxylation is 2. The van der Waals surface area contributed by atoms with E-state index in [1.54, 1.807) is 17.1 Å². The van der Waals surface area contributed by atoms with E-state index in [0.717, 1.165) is 16.8 Å². The predicted octanol–water partition coefficient (Wildman–Crippen LogP) is 5.34. The van der Waals surface area contributed by atoms with Gasteiger partial charge in [-0.3, -0.25) is 19.2 Å². The molecule has 51 heavy (non-hydrogen) atoms. The third-order valence-electron chi connectivity index (χ3n) is 10.4. The van der Waals surface area contributed by atoms with E-state index in [9.17, 15) is 19.5 Å². The molecule has 0 saturated carbocycles. The topological polar surface area (TPSA) is 125 Å². The normalized spacial score (nSPS) is 26.1. The van der Waals surface area contributed by atoms with Gasteiger partial charge in [0.1, 0.15) is 17.7 Å². The Balaban J connectivity index is 1.55. The Morgan fingerprint density at radius 2 is 1.80 bits per heavy atom. The highest BCUT2D eigenvalue weighted by Gasteiger charge is 2.77. The Morgan fingerprint density at radius 1 is 1.12 bits per heavy atom. The first-order chi connectivity index (χ1) is 24.4. The maximum absolute atomic E-state index is 15.1. The van der Waals surface area contributed by atoms with Gasteiger partial charge in [-0.25, -0.2) is 0 Å². The number of likely N-dealkylation sites (tertiary alicyclic amines) is 1. The Hall–Kier alpha value is -3.80. The molecule has 3 saturated heterocycles. The van der Waals surface area contributed by atoms with Crippen molar-refractivity contribution >= 4 is 45.3 Å². The number of anilines is 1. The van der Waals surface area contributed by atoms with Crippen molar-refractivity contribution in [3.05, 3.63) is 90.5 Å². The number of carbonyl (C=O) groups is 4. The van der Waals surface area contributed by atoms with E-state index >= 15 is 4.79 Å². The first-order valence-corrected chi connectivity index (χ1v) is 18.7. The highest BCUT2D eigenvalue weighted by molar-refractivity contribution is 9.09. The van der Waals surface area contributed by atoms with Crippen LogP contribution in [-0.2, 0) is 28.7 Å². The number of aliphatic hydroxyl groups is 1. The van der Waals surface area contributed by atoms with Gasteiger partial charge in [0.05, 0.1) is 37.1 Å². The number of nitrogens with one attached hydrogen (secondary N) is 1. The van der Waals surface area contributed by atoms with Gasteiger partial charge in [0.15, 0.2) is 0 Å². The molecule has 0 aliphatic carbocycles. The summed E-state index contributed by atoms with van der Waals surface area (Å²) in [5, 5.41) is 13.6. The number of esters is 1. The molecule has 8 atom stereocenters. The molecule has 0 radical (unpaired) electrons. The fourth-order valence-corrected chi connectivity index (χ4v) is 9.21. The molecule has 2 aromatic carbocycles. The molecule has 0 aromatic heterocycles. The average molecular weight is 765 g/mol. The number of hydrogen-bond acceptors (Lipinski definition) is 7. The first kappa shape index (κ1) is 38.4. The van der Waals surface area contributed by atoms with Gasteiger partial charge in [0.25, 0.3) is 5.91 Å². The number of allylic oxidation sites excluding steroid dienone is 1. The third kappa shape index (κ3) is 7.43. The highest BCUT2D eigenvalue weighted by Crippen LogP contribution is 2.61. The molecule has 3 amide bonds. The lowest BCUT2D eigenvalue weighted by Gasteiger charge is -2.40. The van der Waals surface area contributed by atoms with Crippen LogP contribution in [0, 0.1) is 31.6 Å². The van der Waals surface area contributed by atoms with Crippen molar-refractivity contribution in [1.29, 1.82) is 0 Å². The van der Waals surface area contributed by atoms with E-state index < -0.39 is 53.6 Å². The van der Waals surface area contributed by atoms with E-state index in [0.29, 0.717) is 24.8 Å². The molecule has 5 rings (SSSR count). The van der Waals surface area contributed by atoms with Crippen LogP contribution in [0.5, 0.6) is 0 Å². The molecule has 274 valence electrons. The van der Waals surface area contributed by atoms with Crippen LogP contribution >= 0.6 is 15.9 Å². The average Bonchev–Trinajstić information content (AvgIpc) is 3.70. The number of rotatable bonds is 16. The number of fused-ring (bicyclic) bond motifs is 1. The summed E-state index contributed by atoms with van der Waals surface area (Å²) >= 11 is 3.75. The minimum atomic E-state index is -1.36. The zero-order valence-electron chi connectivity index (χ0n) is 29.9. The van der Waals surface area contributed by atoms with Gasteiger partial charge >= 0.3 is 5.97 Å². The van der Waals surface area contributed by atoms with Gasteiger partial charge < -0.3 is 29.7 Å². The van der Waals surface area contributed by atoms with Crippen LogP contribution in [0.4, 0.5) is 5.69 Å². The van der Waals surface area contributed by atoms with Crippen LogP contribution in [0.1, 0.15) is 62.3 Å². The van der Waals surface area contributed by atoms with E-state index in [4.69, 9.17) is 9.47 Å². The zero-order valence-corrected chi connectivity index (χ0v) is 31.5. The number of hydrogen-bond donors (Lipinski definition) is 2. The molecular formula is C40H50BrN3O7. The number of carbonyl (C=O) groups excluding carboxylic acids is 4. The maximum atomic E-state index is 15.1. The van der Waals surface area contributed by atoms with E-state index in [1.807, 2.05) is 76.2 Å². The fraction of sp³-hybridized carbons (Fsp3) is 0.500. The summed E-state index contributed by atoms with van der Waals surface area (Å²) in [7, 11) is 0. The summed E-state index contributed by atoms with van der Waals surface area (Å²) in [6.07, 6.45) is 3.25. The summed E-state index contributed by atoms with van der Waals surface area (Å²) < 4.78 is 13.0. The fourth-order valence-electron chi connectivity index (χ4n) is 8.27. The second-order valence-electron chi connectivity index (χ2n) is 14.3. The van der Waals surface area contributed by atoms with Crippen molar-refractivity contribution in [2.45, 2.75) is 88.1 Å². The second kappa shape index (κ2) is 16.3. The number of amides is 3. The number of nitrogens with zero attached hydrogens (tertiary/aromatic N) is 2. The van der Waals surface area contributed by atoms with Crippen LogP contribution in [0.15, 0.2) is 73.8 Å². The Kier molecular flexibility index (Phi) is 12.2. The Bertz CT molecular complexity index is 1610. The number of alkyl halides is 1. The standard InChI is InChI=1S/C40H50BrN3O7/c1-7-9-18-31(46)42-22-30(27-16-11-10-12-17-27)50-39(49)32-33-37(47)44(28(23-45)20-24(3)4)36(40(33)21-29(41)35(32)51-40)38(48)43(19-8-2)34-25(5)14-13-15-26(34)6/h7-8,10-17,24,28-30,32-33,35-36,45H,1-2,9,18-23H2,3-6H3,(H,42,46)/t28-,29?,30-,32+,33-,35+,36+,40-/m1/s1. The molecule has 1 unspecified atom stereocenters. The first-order valence-electron chi connectivity index (χ1n) is 17.8. The van der Waals surface area contributed by atoms with E-state index in [1.165, 1.54) is 4.90 Å². The SMILES string of the molecule is C=CCCC(=O)NC[C@@H](OC(=O)[C@@H]1[C@H]2O[C@@]3(CC2Br)[C@H](C(=O)N(CC=C)c2c(C)cccc2C)N([C@@H](CO)CC(C)C)C(=O)[C@@H]13)c1ccccc1. The molecule has 3 aliphatic heterocycles. The summed E-state index contributed by atoms with van der Waals surface area (Å²) in [6, 6.07) is 13.1. The molecular weight excluding hydrogens is 714 g/mol. The predicted molar refractivity (Wildman–Crippen MR) is 199 cm³/mol. The number of para-hydroxylation sites is 1. The largest absolute Gasteiger partial charge is 0.455 e. The van der Waals surface area contributed by atoms with Gasteiger partial charge in [-0.1, -0.05) is 90.5 Å². The summed E-state index contributed by atoms with van der Waals surface area (Å²) in [5.41, 5.74) is 1.81. The van der Waals surface area contributed by atoms with Crippen LogP contribution < -0.4 is 10.2 Å². The lowest BCUT2D eigenvalue weighted by molar-refractivity contribution is -0.161. The second-order valence-corrected chi connectivity index (χ2v) is 15.5. The van der Waals surface area contributed by atoms with E-state index in [-0.39, 0.29) is 48.7 Å². The van der Waals surface area contributed by atoms with Crippen LogP contribution in [-0.4, -0.2) is 82.0 Å². The molecule has 11 heteroatoms. The Labute approximate surface area is 309 Å². The minimum absolute atomic E-state index is 0.0337. The van der Waals surface area contributed by atoms with Gasteiger partial charge in [0.2, 0.25) is 11.8 Å². The van der Waals surface area contributed by atoms with Crippen LogP contribution in [0.25, 0.3) is 0 Å². The van der Waals surface area contributed by atoms with Gasteiger partial charge in [-0.05, 0) is 55.7 Å². The van der Waals surface area contributed by atoms with Gasteiger partial charge in [-0.2, -0.15) is 0 Å². The minimum Gasteiger partial charge on any atom is -0.455 e. The monoisotopic (exact) mass is 763 g/mol. The van der Waals surface area contributed by atoms with Crippen LogP contribution in [0.3, 0.4) is 0 Å². The van der Waals surface area contributed by atoms with Crippen molar-refractivity contribution in [3.63, 3.8) is 0 Å². The summed E-state index contributed by atoms with van der Waals surface area (Å²) in [4.78, 5) is 59.8. The highest BCUT2D eigenvalue weighted by atomic mass is 79.9. The Morgan fingerprint density at radius 3 is 2.41 bits per heavy atom. The smallest absolute Gasteiger partial charge is 0.313 e. The van der Waals surface area contributed by atoms with Crippen molar-refractivity contribution in [1.82, 2.24) is 10.2 Å². The van der Waals surface area contributed by atoms with Gasteiger partial charge in [-0.15, -0.1) is 13.2 Å². The number of benzene rings is 2. The molecule has 10 nitrogen and oxygen atoms in total. The lowest BCUT2D eigenvalue weighted by Crippen LogP contribution is -2.59. The van der Waals surface area contributed by atoms with Crippen molar-refractivity contribution < 1.29 is 33.8 Å². The maximum Gasteiger partial charge on any atom is 0.313 e. The van der Waals surface area contributed by atoms with Crippen molar-refractivity contribution in [3.8, 4) is 0 Å². The molecule has 3 heterocycles. The third-order valence-corrected chi connectivity index (χ3v) is 11.2. The lowest BCUT2D eigenvalue weighted by atomic mass is 9.70.